The van der Waals surface area contributed by atoms with Crippen molar-refractivity contribution < 1.29 is 23.9 Å². The van der Waals surface area contributed by atoms with Crippen molar-refractivity contribution in [3.05, 3.63) is 63.5 Å². The smallest absolute Gasteiger partial charge is 0.293 e. The van der Waals surface area contributed by atoms with Gasteiger partial charge in [0.1, 0.15) is 11.5 Å². The van der Waals surface area contributed by atoms with Crippen molar-refractivity contribution in [2.24, 2.45) is 0 Å². The zero-order chi connectivity index (χ0) is 20.3. The van der Waals surface area contributed by atoms with E-state index in [1.54, 1.807) is 48.5 Å². The van der Waals surface area contributed by atoms with Gasteiger partial charge in [0.15, 0.2) is 5.78 Å². The van der Waals surface area contributed by atoms with E-state index < -0.39 is 11.1 Å². The zero-order valence-electron chi connectivity index (χ0n) is 15.1. The number of ketones is 1. The summed E-state index contributed by atoms with van der Waals surface area (Å²) in [6.45, 7) is -0.330. The van der Waals surface area contributed by atoms with E-state index in [1.807, 2.05) is 0 Å². The molecule has 1 heterocycles. The summed E-state index contributed by atoms with van der Waals surface area (Å²) in [5.74, 6) is 0.247. The lowest BCUT2D eigenvalue weighted by atomic mass is 10.1. The third kappa shape index (κ3) is 4.21. The van der Waals surface area contributed by atoms with Crippen LogP contribution in [0.4, 0.5) is 4.79 Å². The molecule has 0 unspecified atom stereocenters. The van der Waals surface area contributed by atoms with Gasteiger partial charge in [0, 0.05) is 22.2 Å². The number of amides is 2. The molecule has 1 saturated heterocycles. The van der Waals surface area contributed by atoms with E-state index in [9.17, 15) is 14.4 Å². The Balaban J connectivity index is 1.80. The monoisotopic (exact) mass is 417 g/mol. The van der Waals surface area contributed by atoms with Gasteiger partial charge in [-0.25, -0.2) is 0 Å². The van der Waals surface area contributed by atoms with Crippen molar-refractivity contribution in [1.82, 2.24) is 4.90 Å². The van der Waals surface area contributed by atoms with E-state index in [0.717, 1.165) is 16.7 Å². The van der Waals surface area contributed by atoms with E-state index in [-0.39, 0.29) is 17.2 Å². The number of benzene rings is 2. The summed E-state index contributed by atoms with van der Waals surface area (Å²) >= 11 is 6.60. The van der Waals surface area contributed by atoms with Crippen LogP contribution in [0, 0.1) is 0 Å². The number of ether oxygens (including phenoxy) is 2. The topological polar surface area (TPSA) is 72.9 Å². The molecule has 0 radical (unpaired) electrons. The summed E-state index contributed by atoms with van der Waals surface area (Å²) in [5.41, 5.74) is 1.00. The van der Waals surface area contributed by atoms with Gasteiger partial charge in [-0.2, -0.15) is 0 Å². The molecule has 6 nitrogen and oxygen atoms in total. The minimum absolute atomic E-state index is 0.220. The van der Waals surface area contributed by atoms with Gasteiger partial charge in [-0.3, -0.25) is 19.3 Å². The van der Waals surface area contributed by atoms with Crippen LogP contribution >= 0.6 is 23.4 Å². The van der Waals surface area contributed by atoms with Crippen LogP contribution < -0.4 is 9.47 Å². The molecular weight excluding hydrogens is 402 g/mol. The van der Waals surface area contributed by atoms with Crippen LogP contribution in [0.5, 0.6) is 11.5 Å². The van der Waals surface area contributed by atoms with Crippen LogP contribution in [-0.4, -0.2) is 42.6 Å². The predicted octanol–water partition coefficient (Wildman–Crippen LogP) is 4.28. The molecule has 0 saturated carbocycles. The second-order valence-electron chi connectivity index (χ2n) is 5.81. The van der Waals surface area contributed by atoms with E-state index >= 15 is 0 Å². The normalized spacial score (nSPS) is 15.2. The molecule has 2 aromatic rings. The van der Waals surface area contributed by atoms with E-state index in [4.69, 9.17) is 21.1 Å². The Morgan fingerprint density at radius 2 is 1.82 bits per heavy atom. The van der Waals surface area contributed by atoms with Crippen LogP contribution in [0.1, 0.15) is 15.9 Å². The summed E-state index contributed by atoms with van der Waals surface area (Å²) in [4.78, 5) is 38.4. The van der Waals surface area contributed by atoms with Gasteiger partial charge in [-0.1, -0.05) is 11.6 Å². The molecule has 1 fully saturated rings. The predicted molar refractivity (Wildman–Crippen MR) is 108 cm³/mol. The van der Waals surface area contributed by atoms with Gasteiger partial charge in [0.2, 0.25) is 0 Å². The number of nitrogens with zero attached hydrogens (tertiary/aromatic N) is 1. The lowest BCUT2D eigenvalue weighted by Gasteiger charge is -2.11. The maximum Gasteiger partial charge on any atom is 0.293 e. The van der Waals surface area contributed by atoms with Gasteiger partial charge in [0.05, 0.1) is 25.7 Å². The zero-order valence-corrected chi connectivity index (χ0v) is 16.7. The number of hydrogen-bond acceptors (Lipinski definition) is 6. The Labute approximate surface area is 171 Å². The summed E-state index contributed by atoms with van der Waals surface area (Å²) in [5, 5.41) is 0.00475. The Bertz CT molecular complexity index is 971. The summed E-state index contributed by atoms with van der Waals surface area (Å²) in [6, 6.07) is 11.4. The van der Waals surface area contributed by atoms with Crippen LogP contribution in [0.15, 0.2) is 47.4 Å². The molecule has 0 spiro atoms. The molecule has 1 aliphatic rings. The molecule has 144 valence electrons. The SMILES string of the molecule is COc1ccc(C=C2SC(=O)N(CC(=O)c3ccc(Cl)cc3)C2=O)c(OC)c1. The standard InChI is InChI=1S/C20H16ClNO5S/c1-26-15-8-5-13(17(10-15)27-2)9-18-19(24)22(20(25)28-18)11-16(23)12-3-6-14(21)7-4-12/h3-10H,11H2,1-2H3. The van der Waals surface area contributed by atoms with Gasteiger partial charge < -0.3 is 9.47 Å². The van der Waals surface area contributed by atoms with E-state index in [2.05, 4.69) is 0 Å². The molecule has 0 aromatic heterocycles. The Morgan fingerprint density at radius 3 is 2.46 bits per heavy atom. The van der Waals surface area contributed by atoms with Gasteiger partial charge in [-0.05, 0) is 54.2 Å². The van der Waals surface area contributed by atoms with Crippen molar-refractivity contribution in [3.63, 3.8) is 0 Å². The number of hydrogen-bond donors (Lipinski definition) is 0. The van der Waals surface area contributed by atoms with Crippen LogP contribution in [0.3, 0.4) is 0 Å². The first kappa shape index (κ1) is 20.0. The Morgan fingerprint density at radius 1 is 1.11 bits per heavy atom. The van der Waals surface area contributed by atoms with Crippen LogP contribution in [0.25, 0.3) is 6.08 Å². The van der Waals surface area contributed by atoms with Crippen LogP contribution in [-0.2, 0) is 4.79 Å². The third-order valence-electron chi connectivity index (χ3n) is 4.07. The number of imide groups is 1. The summed E-state index contributed by atoms with van der Waals surface area (Å²) < 4.78 is 10.5. The van der Waals surface area contributed by atoms with Crippen molar-refractivity contribution in [2.75, 3.05) is 20.8 Å². The molecule has 28 heavy (non-hydrogen) atoms. The average Bonchev–Trinajstić information content (AvgIpc) is 2.96. The minimum atomic E-state index is -0.518. The first-order valence-electron chi connectivity index (χ1n) is 8.19. The van der Waals surface area contributed by atoms with Gasteiger partial charge >= 0.3 is 0 Å². The first-order chi connectivity index (χ1) is 13.4. The Kier molecular flexibility index (Phi) is 6.06. The van der Waals surface area contributed by atoms with Crippen LogP contribution in [0.2, 0.25) is 5.02 Å². The lowest BCUT2D eigenvalue weighted by molar-refractivity contribution is -0.122. The second kappa shape index (κ2) is 8.50. The minimum Gasteiger partial charge on any atom is -0.497 e. The number of methoxy groups -OCH3 is 2. The highest BCUT2D eigenvalue weighted by Crippen LogP contribution is 2.35. The summed E-state index contributed by atoms with van der Waals surface area (Å²) in [7, 11) is 3.04. The fourth-order valence-corrected chi connectivity index (χ4v) is 3.54. The van der Waals surface area contributed by atoms with Gasteiger partial charge in [0.25, 0.3) is 11.1 Å². The molecule has 0 N–H and O–H groups in total. The molecule has 2 aromatic carbocycles. The molecule has 3 rings (SSSR count). The Hall–Kier alpha value is -2.77. The maximum atomic E-state index is 12.6. The highest BCUT2D eigenvalue weighted by atomic mass is 35.5. The number of halogens is 1. The number of thioether (sulfide) groups is 1. The molecule has 8 heteroatoms. The fourth-order valence-electron chi connectivity index (χ4n) is 2.59. The van der Waals surface area contributed by atoms with Crippen molar-refractivity contribution >= 4 is 46.4 Å². The molecule has 0 aliphatic carbocycles. The third-order valence-corrected chi connectivity index (χ3v) is 5.23. The molecule has 0 bridgehead atoms. The molecule has 1 aliphatic heterocycles. The van der Waals surface area contributed by atoms with E-state index in [0.29, 0.717) is 27.6 Å². The highest BCUT2D eigenvalue weighted by molar-refractivity contribution is 8.18. The molecule has 2 amide bonds. The molecular formula is C20H16ClNO5S. The van der Waals surface area contributed by atoms with Crippen molar-refractivity contribution in [1.29, 1.82) is 0 Å². The second-order valence-corrected chi connectivity index (χ2v) is 7.24. The maximum absolute atomic E-state index is 12.6. The largest absolute Gasteiger partial charge is 0.497 e. The molecule has 0 atom stereocenters. The number of rotatable bonds is 6. The van der Waals surface area contributed by atoms with Gasteiger partial charge in [-0.15, -0.1) is 0 Å². The van der Waals surface area contributed by atoms with E-state index in [1.165, 1.54) is 14.2 Å². The van der Waals surface area contributed by atoms with Crippen molar-refractivity contribution in [2.45, 2.75) is 0 Å². The average molecular weight is 418 g/mol. The summed E-state index contributed by atoms with van der Waals surface area (Å²) in [6.07, 6.45) is 1.57. The number of carbonyl (C=O) groups excluding carboxylic acids is 3. The lowest BCUT2D eigenvalue weighted by Crippen LogP contribution is -2.33. The van der Waals surface area contributed by atoms with Crippen molar-refractivity contribution in [3.8, 4) is 11.5 Å². The number of Topliss-reactive ketones (excluding diaryl/α,β-unsaturated/α-hetero) is 1. The highest BCUT2D eigenvalue weighted by Gasteiger charge is 2.36. The quantitative estimate of drug-likeness (QED) is 0.516. The fraction of sp³-hybridized carbons (Fsp3) is 0.150. The first-order valence-corrected chi connectivity index (χ1v) is 9.38. The number of carbonyl (C=O) groups is 3.